The molecule has 0 aliphatic carbocycles. The van der Waals surface area contributed by atoms with Crippen molar-refractivity contribution < 1.29 is 13.5 Å². The summed E-state index contributed by atoms with van der Waals surface area (Å²) in [6.07, 6.45) is 1.65. The summed E-state index contributed by atoms with van der Waals surface area (Å²) in [5.41, 5.74) is 0. The van der Waals surface area contributed by atoms with E-state index < -0.39 is 10.0 Å². The Labute approximate surface area is 107 Å². The number of nitrogens with one attached hydrogen (secondary N) is 1. The summed E-state index contributed by atoms with van der Waals surface area (Å²) in [7, 11) is -1.44. The molecule has 5 nitrogen and oxygen atoms in total. The highest BCUT2D eigenvalue weighted by molar-refractivity contribution is 7.89. The van der Waals surface area contributed by atoms with Crippen LogP contribution in [-0.4, -0.2) is 44.6 Å². The van der Waals surface area contributed by atoms with Crippen molar-refractivity contribution in [3.63, 3.8) is 0 Å². The normalized spacial score (nSPS) is 18.9. The third-order valence-corrected chi connectivity index (χ3v) is 4.72. The van der Waals surface area contributed by atoms with Gasteiger partial charge in [0.2, 0.25) is 10.0 Å². The van der Waals surface area contributed by atoms with Crippen molar-refractivity contribution in [1.82, 2.24) is 9.62 Å². The van der Waals surface area contributed by atoms with Gasteiger partial charge in [0.05, 0.1) is 4.90 Å². The molecule has 6 heteroatoms. The van der Waals surface area contributed by atoms with Crippen LogP contribution in [0.1, 0.15) is 12.8 Å². The topological polar surface area (TPSA) is 69.6 Å². The van der Waals surface area contributed by atoms with Crippen LogP contribution in [0.25, 0.3) is 0 Å². The molecule has 1 saturated heterocycles. The Morgan fingerprint density at radius 3 is 2.33 bits per heavy atom. The molecule has 0 aromatic heterocycles. The van der Waals surface area contributed by atoms with Crippen molar-refractivity contribution in [2.75, 3.05) is 20.1 Å². The molecule has 1 aromatic rings. The number of benzene rings is 1. The number of hydrogen-bond acceptors (Lipinski definition) is 4. The van der Waals surface area contributed by atoms with Gasteiger partial charge in [0.1, 0.15) is 5.75 Å². The number of hydrogen-bond donors (Lipinski definition) is 2. The van der Waals surface area contributed by atoms with Gasteiger partial charge in [-0.05, 0) is 57.2 Å². The van der Waals surface area contributed by atoms with E-state index in [0.29, 0.717) is 0 Å². The first-order valence-electron chi connectivity index (χ1n) is 5.97. The zero-order valence-electron chi connectivity index (χ0n) is 10.3. The lowest BCUT2D eigenvalue weighted by Gasteiger charge is -2.29. The molecule has 100 valence electrons. The van der Waals surface area contributed by atoms with Crippen LogP contribution in [-0.2, 0) is 10.0 Å². The van der Waals surface area contributed by atoms with Crippen LogP contribution in [0, 0.1) is 0 Å². The van der Waals surface area contributed by atoms with E-state index in [1.165, 1.54) is 24.3 Å². The van der Waals surface area contributed by atoms with Crippen LogP contribution in [0.15, 0.2) is 29.2 Å². The van der Waals surface area contributed by atoms with Gasteiger partial charge in [0.25, 0.3) is 0 Å². The second kappa shape index (κ2) is 5.26. The number of sulfonamides is 1. The van der Waals surface area contributed by atoms with Crippen molar-refractivity contribution in [2.45, 2.75) is 23.8 Å². The fourth-order valence-corrected chi connectivity index (χ4v) is 3.34. The van der Waals surface area contributed by atoms with Crippen molar-refractivity contribution in [1.29, 1.82) is 0 Å². The third-order valence-electron chi connectivity index (χ3n) is 3.19. The molecule has 1 aliphatic rings. The third kappa shape index (κ3) is 3.22. The Hall–Kier alpha value is -1.11. The van der Waals surface area contributed by atoms with Gasteiger partial charge >= 0.3 is 0 Å². The standard InChI is InChI=1S/C12H18N2O3S/c1-14-8-6-10(7-9-14)13-18(16,17)12-4-2-11(15)3-5-12/h2-5,10,13,15H,6-9H2,1H3. The Balaban J connectivity index is 2.05. The quantitative estimate of drug-likeness (QED) is 0.851. The van der Waals surface area contributed by atoms with Crippen LogP contribution in [0.2, 0.25) is 0 Å². The van der Waals surface area contributed by atoms with Crippen molar-refractivity contribution in [3.05, 3.63) is 24.3 Å². The number of phenols is 1. The van der Waals surface area contributed by atoms with E-state index in [0.717, 1.165) is 25.9 Å². The van der Waals surface area contributed by atoms with E-state index in [1.54, 1.807) is 0 Å². The Bertz CT molecular complexity index is 491. The van der Waals surface area contributed by atoms with Crippen LogP contribution >= 0.6 is 0 Å². The van der Waals surface area contributed by atoms with Gasteiger partial charge < -0.3 is 10.0 Å². The molecule has 0 unspecified atom stereocenters. The first kappa shape index (κ1) is 13.3. The zero-order valence-corrected chi connectivity index (χ0v) is 11.2. The molecule has 1 aromatic carbocycles. The summed E-state index contributed by atoms with van der Waals surface area (Å²) in [6.45, 7) is 1.81. The molecule has 0 saturated carbocycles. The summed E-state index contributed by atoms with van der Waals surface area (Å²) in [5, 5.41) is 9.15. The molecule has 1 fully saturated rings. The Morgan fingerprint density at radius 2 is 1.78 bits per heavy atom. The average molecular weight is 270 g/mol. The average Bonchev–Trinajstić information content (AvgIpc) is 2.32. The first-order chi connectivity index (χ1) is 8.47. The second-order valence-corrected chi connectivity index (χ2v) is 6.41. The van der Waals surface area contributed by atoms with E-state index in [1.807, 2.05) is 7.05 Å². The zero-order chi connectivity index (χ0) is 13.2. The molecule has 0 atom stereocenters. The number of phenolic OH excluding ortho intramolecular Hbond substituents is 1. The number of nitrogens with zero attached hydrogens (tertiary/aromatic N) is 1. The molecule has 1 heterocycles. The minimum absolute atomic E-state index is 0.00000283. The minimum Gasteiger partial charge on any atom is -0.508 e. The predicted molar refractivity (Wildman–Crippen MR) is 68.9 cm³/mol. The molecular formula is C12H18N2O3S. The molecule has 1 aliphatic heterocycles. The second-order valence-electron chi connectivity index (χ2n) is 4.69. The van der Waals surface area contributed by atoms with E-state index >= 15 is 0 Å². The Morgan fingerprint density at radius 1 is 1.22 bits per heavy atom. The van der Waals surface area contributed by atoms with Gasteiger partial charge in [-0.15, -0.1) is 0 Å². The smallest absolute Gasteiger partial charge is 0.240 e. The summed E-state index contributed by atoms with van der Waals surface area (Å²) in [4.78, 5) is 2.38. The summed E-state index contributed by atoms with van der Waals surface area (Å²) in [5.74, 6) is 0.0632. The molecule has 18 heavy (non-hydrogen) atoms. The molecule has 0 radical (unpaired) electrons. The minimum atomic E-state index is -3.47. The van der Waals surface area contributed by atoms with E-state index in [9.17, 15) is 8.42 Å². The molecule has 0 amide bonds. The maximum Gasteiger partial charge on any atom is 0.240 e. The van der Waals surface area contributed by atoms with Crippen LogP contribution in [0.5, 0.6) is 5.75 Å². The van der Waals surface area contributed by atoms with Crippen molar-refractivity contribution >= 4 is 10.0 Å². The lowest BCUT2D eigenvalue weighted by atomic mass is 10.1. The molecule has 2 N–H and O–H groups in total. The summed E-state index contributed by atoms with van der Waals surface area (Å²) in [6, 6.07) is 5.58. The first-order valence-corrected chi connectivity index (χ1v) is 7.45. The highest BCUT2D eigenvalue weighted by Crippen LogP contribution is 2.16. The lowest BCUT2D eigenvalue weighted by Crippen LogP contribution is -2.43. The lowest BCUT2D eigenvalue weighted by molar-refractivity contribution is 0.248. The van der Waals surface area contributed by atoms with Crippen LogP contribution in [0.4, 0.5) is 0 Å². The summed E-state index contributed by atoms with van der Waals surface area (Å²) >= 11 is 0. The van der Waals surface area contributed by atoms with E-state index in [4.69, 9.17) is 5.11 Å². The molecular weight excluding hydrogens is 252 g/mol. The number of rotatable bonds is 3. The highest BCUT2D eigenvalue weighted by atomic mass is 32.2. The van der Waals surface area contributed by atoms with Crippen LogP contribution in [0.3, 0.4) is 0 Å². The van der Waals surface area contributed by atoms with Gasteiger partial charge in [-0.2, -0.15) is 0 Å². The summed E-state index contributed by atoms with van der Waals surface area (Å²) < 4.78 is 26.9. The van der Waals surface area contributed by atoms with Crippen LogP contribution < -0.4 is 4.72 Å². The van der Waals surface area contributed by atoms with Crippen molar-refractivity contribution in [3.8, 4) is 5.75 Å². The van der Waals surface area contributed by atoms with Gasteiger partial charge in [-0.3, -0.25) is 0 Å². The van der Waals surface area contributed by atoms with E-state index in [-0.39, 0.29) is 16.7 Å². The SMILES string of the molecule is CN1CCC(NS(=O)(=O)c2ccc(O)cc2)CC1. The highest BCUT2D eigenvalue weighted by Gasteiger charge is 2.23. The maximum absolute atomic E-state index is 12.1. The maximum atomic E-state index is 12.1. The molecule has 0 spiro atoms. The van der Waals surface area contributed by atoms with Gasteiger partial charge in [-0.25, -0.2) is 13.1 Å². The molecule has 0 bridgehead atoms. The molecule has 2 rings (SSSR count). The van der Waals surface area contributed by atoms with Crippen molar-refractivity contribution in [2.24, 2.45) is 0 Å². The van der Waals surface area contributed by atoms with E-state index in [2.05, 4.69) is 9.62 Å². The number of aromatic hydroxyl groups is 1. The van der Waals surface area contributed by atoms with Gasteiger partial charge in [0.15, 0.2) is 0 Å². The predicted octanol–water partition coefficient (Wildman–Crippen LogP) is 0.765. The number of piperidine rings is 1. The largest absolute Gasteiger partial charge is 0.508 e. The monoisotopic (exact) mass is 270 g/mol. The number of likely N-dealkylation sites (tertiary alicyclic amines) is 1. The Kier molecular flexibility index (Phi) is 3.89. The fourth-order valence-electron chi connectivity index (χ4n) is 2.04. The van der Waals surface area contributed by atoms with Gasteiger partial charge in [-0.1, -0.05) is 0 Å². The van der Waals surface area contributed by atoms with Gasteiger partial charge in [0, 0.05) is 6.04 Å². The fraction of sp³-hybridized carbons (Fsp3) is 0.500.